The van der Waals surface area contributed by atoms with Gasteiger partial charge >= 0.3 is 0 Å². The van der Waals surface area contributed by atoms with Crippen molar-refractivity contribution in [2.24, 2.45) is 0 Å². The Morgan fingerprint density at radius 2 is 0.479 bits per heavy atom. The number of fused-ring (bicyclic) bond motifs is 15. The van der Waals surface area contributed by atoms with Gasteiger partial charge in [0.25, 0.3) is 0 Å². The van der Waals surface area contributed by atoms with Crippen LogP contribution in [0.2, 0.25) is 0 Å². The van der Waals surface area contributed by atoms with E-state index in [0.717, 1.165) is 5.69 Å². The lowest BCUT2D eigenvalue weighted by molar-refractivity contribution is 1.18. The monoisotopic (exact) mass is 937 g/mol. The molecule has 0 aliphatic heterocycles. The number of hydrogen-bond acceptors (Lipinski definition) is 0. The highest BCUT2D eigenvalue weighted by molar-refractivity contribution is 7.44. The lowest BCUT2D eigenvalue weighted by atomic mass is 9.96. The van der Waals surface area contributed by atoms with E-state index in [1.165, 1.54) is 141 Å². The first-order valence-corrected chi connectivity index (χ1v) is 26.4. The molecule has 5 aromatic heterocycles. The van der Waals surface area contributed by atoms with Crippen LogP contribution in [0.4, 0.5) is 0 Å². The normalized spacial score (nSPS) is 12.5. The summed E-state index contributed by atoms with van der Waals surface area (Å²) in [6, 6.07) is 88.9. The zero-order chi connectivity index (χ0) is 46.3. The van der Waals surface area contributed by atoms with Crippen LogP contribution in [0.25, 0.3) is 147 Å². The molecular formula is C66H41N3P2. The first kappa shape index (κ1) is 39.3. The highest BCUT2D eigenvalue weighted by Gasteiger charge is 2.19. The maximum absolute atomic E-state index is 2.47. The molecule has 0 fully saturated rings. The Hall–Kier alpha value is -8.58. The van der Waals surface area contributed by atoms with Gasteiger partial charge in [-0.2, -0.15) is 0 Å². The minimum atomic E-state index is 0.617. The summed E-state index contributed by atoms with van der Waals surface area (Å²) >= 11 is 0. The fourth-order valence-electron chi connectivity index (χ4n) is 12.1. The van der Waals surface area contributed by atoms with E-state index in [-0.39, 0.29) is 0 Å². The van der Waals surface area contributed by atoms with Crippen molar-refractivity contribution in [3.05, 3.63) is 237 Å². The molecule has 0 saturated heterocycles. The number of nitrogens with zero attached hydrogens (tertiary/aromatic N) is 3. The van der Waals surface area contributed by atoms with E-state index in [2.05, 4.69) is 250 Å². The lowest BCUT2D eigenvalue weighted by Crippen LogP contribution is -1.96. The fourth-order valence-corrected chi connectivity index (χ4v) is 14.7. The minimum Gasteiger partial charge on any atom is -0.309 e. The van der Waals surface area contributed by atoms with Crippen LogP contribution in [0.15, 0.2) is 237 Å². The van der Waals surface area contributed by atoms with Crippen LogP contribution in [-0.4, -0.2) is 13.7 Å². The summed E-state index contributed by atoms with van der Waals surface area (Å²) in [6.45, 7) is 0. The van der Waals surface area contributed by atoms with Gasteiger partial charge in [0.2, 0.25) is 0 Å². The molecule has 0 N–H and O–H groups in total. The largest absolute Gasteiger partial charge is 0.309 e. The standard InChI is InChI=1S/C66H41N3P2/c1-7-19-57-47(13-1)48-14-2-8-20-58(48)67(57)44-27-31-65-55(38-44)53-36-40(25-29-63(53)70-65)42-33-43(35-46(34-42)69-61-23-11-5-17-51(61)52-18-6-12-24-62(52)69)41-26-30-64-54(37-41)56-39-45(28-32-66(56)71-64)68-59-21-9-3-15-49(59)50-16-4-10-22-60(50)68/h1-39,70-71H. The molecule has 0 aliphatic rings. The minimum absolute atomic E-state index is 0.617. The van der Waals surface area contributed by atoms with E-state index in [1.807, 2.05) is 0 Å². The summed E-state index contributed by atoms with van der Waals surface area (Å²) in [5.41, 5.74) is 15.7. The molecule has 3 nitrogen and oxygen atoms in total. The van der Waals surface area contributed by atoms with Crippen LogP contribution in [0.5, 0.6) is 0 Å². The third-order valence-corrected chi connectivity index (χ3v) is 18.1. The number of hydrogen-bond donors (Lipinski definition) is 0. The maximum Gasteiger partial charge on any atom is 0.0541 e. The van der Waals surface area contributed by atoms with Crippen molar-refractivity contribution in [2.75, 3.05) is 0 Å². The van der Waals surface area contributed by atoms with E-state index in [9.17, 15) is 0 Å². The summed E-state index contributed by atoms with van der Waals surface area (Å²) in [4.78, 5) is 0. The lowest BCUT2D eigenvalue weighted by Gasteiger charge is -2.14. The van der Waals surface area contributed by atoms with Gasteiger partial charge in [-0.05, 0) is 180 Å². The molecule has 11 aromatic carbocycles. The first-order valence-electron chi connectivity index (χ1n) is 24.4. The molecule has 0 spiro atoms. The topological polar surface area (TPSA) is 14.8 Å². The average Bonchev–Trinajstić information content (AvgIpc) is 4.24. The van der Waals surface area contributed by atoms with Gasteiger partial charge in [-0.25, -0.2) is 0 Å². The molecule has 5 heteroatoms. The SMILES string of the molecule is c1ccc2c(c1)c1ccccc1n2-c1cc(-c2ccc3[pH]c4ccc(-n5c6ccccc6c6ccccc65)cc4c3c2)cc(-c2ccc3[pH]c4ccc(-n5c6ccccc6c6ccccc65)cc4c3c2)c1. The smallest absolute Gasteiger partial charge is 0.0541 e. The van der Waals surface area contributed by atoms with Crippen LogP contribution < -0.4 is 0 Å². The van der Waals surface area contributed by atoms with Crippen molar-refractivity contribution < 1.29 is 0 Å². The summed E-state index contributed by atoms with van der Waals surface area (Å²) in [5, 5.41) is 18.6. The summed E-state index contributed by atoms with van der Waals surface area (Å²) in [5.74, 6) is 0. The summed E-state index contributed by atoms with van der Waals surface area (Å²) in [6.07, 6.45) is 0. The Labute approximate surface area is 411 Å². The molecule has 0 saturated carbocycles. The molecule has 16 rings (SSSR count). The van der Waals surface area contributed by atoms with E-state index < -0.39 is 0 Å². The van der Waals surface area contributed by atoms with Crippen molar-refractivity contribution >= 4 is 124 Å². The Bertz CT molecular complexity index is 4490. The fraction of sp³-hybridized carbons (Fsp3) is 0. The van der Waals surface area contributed by atoms with E-state index in [4.69, 9.17) is 0 Å². The Kier molecular flexibility index (Phi) is 8.28. The van der Waals surface area contributed by atoms with Gasteiger partial charge in [0, 0.05) is 49.4 Å². The Morgan fingerprint density at radius 3 is 0.817 bits per heavy atom. The van der Waals surface area contributed by atoms with E-state index in [0.29, 0.717) is 16.4 Å². The molecule has 0 radical (unpaired) electrons. The predicted octanol–water partition coefficient (Wildman–Crippen LogP) is 19.0. The predicted molar refractivity (Wildman–Crippen MR) is 309 cm³/mol. The summed E-state index contributed by atoms with van der Waals surface area (Å²) < 4.78 is 7.36. The molecule has 0 bridgehead atoms. The first-order chi connectivity index (χ1) is 35.2. The van der Waals surface area contributed by atoms with Crippen molar-refractivity contribution in [1.29, 1.82) is 0 Å². The number of rotatable bonds is 5. The van der Waals surface area contributed by atoms with Crippen LogP contribution in [0, 0.1) is 0 Å². The second kappa shape index (κ2) is 15.0. The van der Waals surface area contributed by atoms with Crippen molar-refractivity contribution in [2.45, 2.75) is 0 Å². The molecule has 16 aromatic rings. The second-order valence-corrected chi connectivity index (χ2v) is 21.8. The van der Waals surface area contributed by atoms with Crippen molar-refractivity contribution in [1.82, 2.24) is 13.7 Å². The Balaban J connectivity index is 0.899. The number of para-hydroxylation sites is 6. The van der Waals surface area contributed by atoms with Gasteiger partial charge in [-0.3, -0.25) is 0 Å². The third-order valence-electron chi connectivity index (χ3n) is 15.3. The molecule has 2 atom stereocenters. The molecule has 0 amide bonds. The zero-order valence-electron chi connectivity index (χ0n) is 38.4. The second-order valence-electron chi connectivity index (χ2n) is 19.1. The highest BCUT2D eigenvalue weighted by atomic mass is 31.0. The van der Waals surface area contributed by atoms with Gasteiger partial charge < -0.3 is 13.7 Å². The van der Waals surface area contributed by atoms with Gasteiger partial charge in [-0.15, -0.1) is 16.4 Å². The Morgan fingerprint density at radius 1 is 0.197 bits per heavy atom. The van der Waals surface area contributed by atoms with E-state index >= 15 is 0 Å². The third kappa shape index (κ3) is 5.80. The van der Waals surface area contributed by atoms with E-state index in [1.54, 1.807) is 0 Å². The van der Waals surface area contributed by atoms with Crippen LogP contribution >= 0.6 is 16.4 Å². The van der Waals surface area contributed by atoms with Crippen molar-refractivity contribution in [3.63, 3.8) is 0 Å². The molecule has 2 unspecified atom stereocenters. The molecular weight excluding hydrogens is 897 g/mol. The molecule has 0 aliphatic carbocycles. The van der Waals surface area contributed by atoms with Gasteiger partial charge in [0.15, 0.2) is 0 Å². The van der Waals surface area contributed by atoms with Gasteiger partial charge in [0.05, 0.1) is 33.1 Å². The number of aromatic nitrogens is 3. The maximum atomic E-state index is 2.47. The molecule has 71 heavy (non-hydrogen) atoms. The quantitative estimate of drug-likeness (QED) is 0.163. The molecule has 330 valence electrons. The van der Waals surface area contributed by atoms with Crippen molar-refractivity contribution in [3.8, 4) is 39.3 Å². The zero-order valence-corrected chi connectivity index (χ0v) is 40.4. The highest BCUT2D eigenvalue weighted by Crippen LogP contribution is 2.45. The van der Waals surface area contributed by atoms with Gasteiger partial charge in [-0.1, -0.05) is 121 Å². The van der Waals surface area contributed by atoms with Crippen LogP contribution in [0.1, 0.15) is 0 Å². The van der Waals surface area contributed by atoms with Crippen LogP contribution in [0.3, 0.4) is 0 Å². The number of benzene rings is 11. The molecule has 5 heterocycles. The van der Waals surface area contributed by atoms with Gasteiger partial charge in [0.1, 0.15) is 0 Å². The summed E-state index contributed by atoms with van der Waals surface area (Å²) in [7, 11) is 1.23. The average molecular weight is 938 g/mol. The van der Waals surface area contributed by atoms with Crippen LogP contribution in [-0.2, 0) is 0 Å².